The van der Waals surface area contributed by atoms with Crippen molar-refractivity contribution < 1.29 is 14.4 Å². The Morgan fingerprint density at radius 1 is 1.20 bits per heavy atom. The molecule has 1 aromatic carbocycles. The van der Waals surface area contributed by atoms with Crippen molar-refractivity contribution in [2.24, 2.45) is 0 Å². The van der Waals surface area contributed by atoms with Crippen molar-refractivity contribution in [2.75, 3.05) is 5.32 Å². The molecule has 0 saturated carbocycles. The van der Waals surface area contributed by atoms with Gasteiger partial charge in [0.05, 0.1) is 5.69 Å². The highest BCUT2D eigenvalue weighted by molar-refractivity contribution is 5.95. The zero-order valence-electron chi connectivity index (χ0n) is 11.0. The van der Waals surface area contributed by atoms with Gasteiger partial charge in [-0.25, -0.2) is 0 Å². The predicted molar refractivity (Wildman–Crippen MR) is 74.9 cm³/mol. The molecule has 102 valence electrons. The molecule has 2 rings (SSSR count). The van der Waals surface area contributed by atoms with Gasteiger partial charge in [0.15, 0.2) is 12.1 Å². The molecule has 1 aromatic heterocycles. The second-order valence-corrected chi connectivity index (χ2v) is 4.36. The Bertz CT molecular complexity index is 641. The summed E-state index contributed by atoms with van der Waals surface area (Å²) in [6.45, 7) is 1.55. The lowest BCUT2D eigenvalue weighted by molar-refractivity contribution is -0.116. The van der Waals surface area contributed by atoms with Crippen LogP contribution in [0.1, 0.15) is 27.8 Å². The molecular formula is C15H14N2O3. The molecule has 1 amide bonds. The average molecular weight is 270 g/mol. The molecule has 5 nitrogen and oxygen atoms in total. The minimum absolute atomic E-state index is 0.0224. The van der Waals surface area contributed by atoms with Crippen LogP contribution in [0.5, 0.6) is 0 Å². The maximum Gasteiger partial charge on any atom is 0.244 e. The first-order valence-corrected chi connectivity index (χ1v) is 6.11. The van der Waals surface area contributed by atoms with Gasteiger partial charge in [0.25, 0.3) is 0 Å². The molecule has 1 heterocycles. The molecule has 0 atom stereocenters. The quantitative estimate of drug-likeness (QED) is 0.668. The summed E-state index contributed by atoms with van der Waals surface area (Å²) in [6, 6.07) is 10.0. The molecule has 0 unspecified atom stereocenters. The fourth-order valence-electron chi connectivity index (χ4n) is 1.82. The summed E-state index contributed by atoms with van der Waals surface area (Å²) >= 11 is 0. The smallest absolute Gasteiger partial charge is 0.244 e. The molecule has 0 aliphatic rings. The third kappa shape index (κ3) is 3.20. The van der Waals surface area contributed by atoms with Gasteiger partial charge >= 0.3 is 0 Å². The van der Waals surface area contributed by atoms with Crippen LogP contribution in [0.3, 0.4) is 0 Å². The lowest BCUT2D eigenvalue weighted by atomic mass is 10.1. The average Bonchev–Trinajstić information content (AvgIpc) is 2.86. The first-order valence-electron chi connectivity index (χ1n) is 6.11. The van der Waals surface area contributed by atoms with E-state index in [0.29, 0.717) is 23.2 Å². The molecule has 0 saturated heterocycles. The summed E-state index contributed by atoms with van der Waals surface area (Å²) in [5.74, 6) is -0.259. The number of anilines is 1. The zero-order valence-corrected chi connectivity index (χ0v) is 11.0. The van der Waals surface area contributed by atoms with Crippen LogP contribution in [0.2, 0.25) is 0 Å². The number of hydrogen-bond acceptors (Lipinski definition) is 3. The number of ketones is 1. The van der Waals surface area contributed by atoms with Gasteiger partial charge in [-0.3, -0.25) is 14.4 Å². The van der Waals surface area contributed by atoms with Gasteiger partial charge in [-0.15, -0.1) is 0 Å². The van der Waals surface area contributed by atoms with E-state index in [0.717, 1.165) is 0 Å². The van der Waals surface area contributed by atoms with Crippen LogP contribution in [-0.2, 0) is 11.3 Å². The Labute approximate surface area is 116 Å². The highest BCUT2D eigenvalue weighted by Crippen LogP contribution is 2.10. The lowest BCUT2D eigenvalue weighted by Gasteiger charge is -2.07. The molecule has 0 aliphatic heterocycles. The Balaban J connectivity index is 2.01. The van der Waals surface area contributed by atoms with E-state index in [1.54, 1.807) is 47.2 Å². The minimum atomic E-state index is -0.236. The van der Waals surface area contributed by atoms with Crippen molar-refractivity contribution in [1.82, 2.24) is 4.57 Å². The molecule has 0 aliphatic carbocycles. The number of nitrogens with one attached hydrogen (secondary N) is 1. The summed E-state index contributed by atoms with van der Waals surface area (Å²) in [6.07, 6.45) is 2.37. The number of hydrogen-bond donors (Lipinski definition) is 1. The summed E-state index contributed by atoms with van der Waals surface area (Å²) in [7, 11) is 0. The summed E-state index contributed by atoms with van der Waals surface area (Å²) < 4.78 is 1.56. The van der Waals surface area contributed by atoms with Crippen LogP contribution in [0.25, 0.3) is 0 Å². The maximum absolute atomic E-state index is 11.9. The van der Waals surface area contributed by atoms with E-state index >= 15 is 0 Å². The van der Waals surface area contributed by atoms with E-state index in [9.17, 15) is 14.4 Å². The first-order chi connectivity index (χ1) is 9.60. The largest absolute Gasteiger partial charge is 0.336 e. The highest BCUT2D eigenvalue weighted by atomic mass is 16.2. The van der Waals surface area contributed by atoms with Gasteiger partial charge in [0.2, 0.25) is 5.91 Å². The van der Waals surface area contributed by atoms with E-state index in [-0.39, 0.29) is 18.2 Å². The number of carbonyl (C=O) groups excluding carboxylic acids is 3. The number of nitrogens with zero attached hydrogens (tertiary/aromatic N) is 1. The third-order valence-electron chi connectivity index (χ3n) is 2.87. The van der Waals surface area contributed by atoms with Gasteiger partial charge in [0.1, 0.15) is 6.54 Å². The molecular weight excluding hydrogens is 256 g/mol. The van der Waals surface area contributed by atoms with Crippen molar-refractivity contribution in [1.29, 1.82) is 0 Å². The SMILES string of the molecule is CC(=O)c1ccc(NC(=O)Cn2cccc2C=O)cc1. The van der Waals surface area contributed by atoms with Crippen molar-refractivity contribution in [3.8, 4) is 0 Å². The van der Waals surface area contributed by atoms with Crippen molar-refractivity contribution in [2.45, 2.75) is 13.5 Å². The fraction of sp³-hybridized carbons (Fsp3) is 0.133. The van der Waals surface area contributed by atoms with E-state index in [4.69, 9.17) is 0 Å². The molecule has 0 radical (unpaired) electrons. The second kappa shape index (κ2) is 5.97. The fourth-order valence-corrected chi connectivity index (χ4v) is 1.82. The maximum atomic E-state index is 11.9. The molecule has 20 heavy (non-hydrogen) atoms. The summed E-state index contributed by atoms with van der Waals surface area (Å²) in [5, 5.41) is 2.71. The number of amides is 1. The van der Waals surface area contributed by atoms with Crippen LogP contribution in [0.15, 0.2) is 42.6 Å². The van der Waals surface area contributed by atoms with Crippen LogP contribution >= 0.6 is 0 Å². The van der Waals surface area contributed by atoms with Gasteiger partial charge in [0, 0.05) is 17.4 Å². The predicted octanol–water partition coefficient (Wildman–Crippen LogP) is 2.14. The first kappa shape index (κ1) is 13.7. The summed E-state index contributed by atoms with van der Waals surface area (Å²) in [5.41, 5.74) is 1.66. The van der Waals surface area contributed by atoms with E-state index < -0.39 is 0 Å². The number of Topliss-reactive ketones (excluding diaryl/α,β-unsaturated/α-hetero) is 1. The monoisotopic (exact) mass is 270 g/mol. The van der Waals surface area contributed by atoms with Crippen molar-refractivity contribution in [3.63, 3.8) is 0 Å². The summed E-state index contributed by atoms with van der Waals surface area (Å²) in [4.78, 5) is 33.7. The van der Waals surface area contributed by atoms with Crippen LogP contribution in [-0.4, -0.2) is 22.5 Å². The highest BCUT2D eigenvalue weighted by Gasteiger charge is 2.07. The standard InChI is InChI=1S/C15H14N2O3/c1-11(19)12-4-6-13(7-5-12)16-15(20)9-17-8-2-3-14(17)10-18/h2-8,10H,9H2,1H3,(H,16,20). The van der Waals surface area contributed by atoms with E-state index in [1.807, 2.05) is 0 Å². The molecule has 1 N–H and O–H groups in total. The normalized spacial score (nSPS) is 10.1. The number of carbonyl (C=O) groups is 3. The van der Waals surface area contributed by atoms with E-state index in [2.05, 4.69) is 5.32 Å². The Kier molecular flexibility index (Phi) is 4.10. The number of aromatic nitrogens is 1. The van der Waals surface area contributed by atoms with Gasteiger partial charge in [-0.05, 0) is 43.3 Å². The van der Waals surface area contributed by atoms with Crippen LogP contribution < -0.4 is 5.32 Å². The topological polar surface area (TPSA) is 68.2 Å². The van der Waals surface area contributed by atoms with Gasteiger partial charge < -0.3 is 9.88 Å². The van der Waals surface area contributed by atoms with Crippen LogP contribution in [0, 0.1) is 0 Å². The molecule has 0 fully saturated rings. The zero-order chi connectivity index (χ0) is 14.5. The molecule has 2 aromatic rings. The minimum Gasteiger partial charge on any atom is -0.336 e. The molecule has 0 bridgehead atoms. The number of rotatable bonds is 5. The lowest BCUT2D eigenvalue weighted by Crippen LogP contribution is -2.19. The van der Waals surface area contributed by atoms with Crippen LogP contribution in [0.4, 0.5) is 5.69 Å². The Morgan fingerprint density at radius 2 is 1.90 bits per heavy atom. The number of aldehydes is 1. The van der Waals surface area contributed by atoms with E-state index in [1.165, 1.54) is 6.92 Å². The van der Waals surface area contributed by atoms with Gasteiger partial charge in [-0.2, -0.15) is 0 Å². The van der Waals surface area contributed by atoms with Gasteiger partial charge in [-0.1, -0.05) is 0 Å². The van der Waals surface area contributed by atoms with Crippen molar-refractivity contribution >= 4 is 23.7 Å². The third-order valence-corrected chi connectivity index (χ3v) is 2.87. The molecule has 5 heteroatoms. The molecule has 0 spiro atoms. The second-order valence-electron chi connectivity index (χ2n) is 4.36. The van der Waals surface area contributed by atoms with Crippen molar-refractivity contribution in [3.05, 3.63) is 53.9 Å². The Morgan fingerprint density at radius 3 is 2.50 bits per heavy atom. The Hall–Kier alpha value is -2.69. The number of benzene rings is 1.